The predicted octanol–water partition coefficient (Wildman–Crippen LogP) is 2.58. The van der Waals surface area contributed by atoms with Crippen LogP contribution in [0.1, 0.15) is 24.4 Å². The highest BCUT2D eigenvalue weighted by atomic mass is 19.2. The molecule has 1 aliphatic rings. The first-order valence-corrected chi connectivity index (χ1v) is 7.49. The van der Waals surface area contributed by atoms with Crippen molar-refractivity contribution >= 4 is 0 Å². The molecule has 1 aromatic carbocycles. The van der Waals surface area contributed by atoms with E-state index in [4.69, 9.17) is 4.74 Å². The lowest BCUT2D eigenvalue weighted by atomic mass is 10.1. The zero-order chi connectivity index (χ0) is 15.2. The molecule has 21 heavy (non-hydrogen) atoms. The molecular weight excluding hydrogens is 274 g/mol. The van der Waals surface area contributed by atoms with E-state index in [0.29, 0.717) is 18.7 Å². The van der Waals surface area contributed by atoms with Crippen LogP contribution in [0.15, 0.2) is 18.2 Å². The van der Waals surface area contributed by atoms with E-state index in [0.717, 1.165) is 25.1 Å². The molecule has 1 N–H and O–H groups in total. The maximum atomic E-state index is 13.8. The van der Waals surface area contributed by atoms with E-state index in [9.17, 15) is 8.78 Å². The van der Waals surface area contributed by atoms with Gasteiger partial charge in [-0.3, -0.25) is 0 Å². The molecule has 2 rings (SSSR count). The smallest absolute Gasteiger partial charge is 0.163 e. The topological polar surface area (TPSA) is 24.5 Å². The Hall–Kier alpha value is -1.04. The third-order valence-electron chi connectivity index (χ3n) is 3.87. The van der Waals surface area contributed by atoms with Crippen molar-refractivity contribution in [2.24, 2.45) is 5.92 Å². The molecule has 0 spiro atoms. The summed E-state index contributed by atoms with van der Waals surface area (Å²) in [4.78, 5) is 2.07. The summed E-state index contributed by atoms with van der Waals surface area (Å²) in [7, 11) is 3.72. The van der Waals surface area contributed by atoms with E-state index in [1.807, 2.05) is 7.05 Å². The van der Waals surface area contributed by atoms with Gasteiger partial charge in [0.2, 0.25) is 0 Å². The third kappa shape index (κ3) is 5.02. The van der Waals surface area contributed by atoms with Gasteiger partial charge in [0.05, 0.1) is 6.61 Å². The fourth-order valence-corrected chi connectivity index (χ4v) is 2.29. The fraction of sp³-hybridized carbons (Fsp3) is 0.625. The lowest BCUT2D eigenvalue weighted by molar-refractivity contribution is 0.101. The second kappa shape index (κ2) is 7.82. The highest BCUT2D eigenvalue weighted by Crippen LogP contribution is 2.28. The van der Waals surface area contributed by atoms with E-state index in [1.54, 1.807) is 13.1 Å². The lowest BCUT2D eigenvalue weighted by Gasteiger charge is -2.24. The Morgan fingerprint density at radius 3 is 2.81 bits per heavy atom. The molecular formula is C16H24F2N2O. The Kier molecular flexibility index (Phi) is 6.08. The molecule has 0 bridgehead atoms. The SMILES string of the molecule is CNC(CN(C)CCOCC1CC1)c1cccc(F)c1F. The number of likely N-dealkylation sites (N-methyl/N-ethyl adjacent to an activating group) is 2. The molecule has 3 nitrogen and oxygen atoms in total. The van der Waals surface area contributed by atoms with E-state index in [2.05, 4.69) is 10.2 Å². The van der Waals surface area contributed by atoms with Crippen LogP contribution in [0.25, 0.3) is 0 Å². The van der Waals surface area contributed by atoms with Gasteiger partial charge in [0.1, 0.15) is 0 Å². The van der Waals surface area contributed by atoms with E-state index in [1.165, 1.54) is 18.9 Å². The van der Waals surface area contributed by atoms with E-state index >= 15 is 0 Å². The molecule has 0 heterocycles. The molecule has 0 saturated heterocycles. The molecule has 0 radical (unpaired) electrons. The van der Waals surface area contributed by atoms with Crippen LogP contribution in [0.3, 0.4) is 0 Å². The summed E-state index contributed by atoms with van der Waals surface area (Å²) in [6.45, 7) is 2.91. The number of hydrogen-bond donors (Lipinski definition) is 1. The van der Waals surface area contributed by atoms with Gasteiger partial charge in [-0.25, -0.2) is 8.78 Å². The monoisotopic (exact) mass is 298 g/mol. The first-order valence-electron chi connectivity index (χ1n) is 7.49. The van der Waals surface area contributed by atoms with Gasteiger partial charge in [-0.15, -0.1) is 0 Å². The Bertz CT molecular complexity index is 452. The number of nitrogens with zero attached hydrogens (tertiary/aromatic N) is 1. The molecule has 1 unspecified atom stereocenters. The van der Waals surface area contributed by atoms with Crippen molar-refractivity contribution in [1.29, 1.82) is 0 Å². The lowest BCUT2D eigenvalue weighted by Crippen LogP contribution is -2.34. The van der Waals surface area contributed by atoms with E-state index in [-0.39, 0.29) is 6.04 Å². The van der Waals surface area contributed by atoms with Gasteiger partial charge in [0.25, 0.3) is 0 Å². The number of rotatable bonds is 9. The van der Waals surface area contributed by atoms with Crippen molar-refractivity contribution in [3.63, 3.8) is 0 Å². The average molecular weight is 298 g/mol. The fourth-order valence-electron chi connectivity index (χ4n) is 2.29. The van der Waals surface area contributed by atoms with Gasteiger partial charge < -0.3 is 15.0 Å². The van der Waals surface area contributed by atoms with Gasteiger partial charge in [0.15, 0.2) is 11.6 Å². The normalized spacial score (nSPS) is 16.4. The Balaban J connectivity index is 1.81. The summed E-state index contributed by atoms with van der Waals surface area (Å²) in [5.74, 6) is -0.805. The standard InChI is InChI=1S/C16H24F2N2O/c1-19-15(13-4-3-5-14(17)16(13)18)10-20(2)8-9-21-11-12-6-7-12/h3-5,12,15,19H,6-11H2,1-2H3. The quantitative estimate of drug-likeness (QED) is 0.709. The average Bonchev–Trinajstić information content (AvgIpc) is 3.28. The number of nitrogens with one attached hydrogen (secondary N) is 1. The van der Waals surface area contributed by atoms with Crippen molar-refractivity contribution in [3.8, 4) is 0 Å². The Labute approximate surface area is 125 Å². The van der Waals surface area contributed by atoms with E-state index < -0.39 is 11.6 Å². The predicted molar refractivity (Wildman–Crippen MR) is 79.2 cm³/mol. The minimum atomic E-state index is -0.803. The third-order valence-corrected chi connectivity index (χ3v) is 3.87. The maximum Gasteiger partial charge on any atom is 0.163 e. The summed E-state index contributed by atoms with van der Waals surface area (Å²) >= 11 is 0. The number of hydrogen-bond acceptors (Lipinski definition) is 3. The highest BCUT2D eigenvalue weighted by molar-refractivity contribution is 5.22. The van der Waals surface area contributed by atoms with Gasteiger partial charge in [0, 0.05) is 31.3 Å². The zero-order valence-corrected chi connectivity index (χ0v) is 12.7. The van der Waals surface area contributed by atoms with Gasteiger partial charge in [-0.05, 0) is 38.9 Å². The van der Waals surface area contributed by atoms with Crippen molar-refractivity contribution in [3.05, 3.63) is 35.4 Å². The molecule has 1 fully saturated rings. The molecule has 0 aliphatic heterocycles. The summed E-state index contributed by atoms with van der Waals surface area (Å²) in [6.07, 6.45) is 2.58. The molecule has 5 heteroatoms. The summed E-state index contributed by atoms with van der Waals surface area (Å²) in [6, 6.07) is 4.06. The minimum Gasteiger partial charge on any atom is -0.380 e. The molecule has 0 amide bonds. The maximum absolute atomic E-state index is 13.8. The van der Waals surface area contributed by atoms with Crippen LogP contribution in [0.2, 0.25) is 0 Å². The summed E-state index contributed by atoms with van der Waals surface area (Å²) in [5.41, 5.74) is 0.364. The van der Waals surface area contributed by atoms with Crippen LogP contribution in [-0.2, 0) is 4.74 Å². The first kappa shape index (κ1) is 16.3. The van der Waals surface area contributed by atoms with Crippen LogP contribution in [0, 0.1) is 17.6 Å². The first-order chi connectivity index (χ1) is 10.1. The van der Waals surface area contributed by atoms with Crippen molar-refractivity contribution < 1.29 is 13.5 Å². The number of halogens is 2. The molecule has 1 aliphatic carbocycles. The van der Waals surface area contributed by atoms with Gasteiger partial charge in [-0.1, -0.05) is 12.1 Å². The van der Waals surface area contributed by atoms with Crippen molar-refractivity contribution in [2.45, 2.75) is 18.9 Å². The Morgan fingerprint density at radius 2 is 2.14 bits per heavy atom. The van der Waals surface area contributed by atoms with Crippen LogP contribution in [0.4, 0.5) is 8.78 Å². The Morgan fingerprint density at radius 1 is 1.38 bits per heavy atom. The summed E-state index contributed by atoms with van der Waals surface area (Å²) < 4.78 is 32.7. The molecule has 0 aromatic heterocycles. The minimum absolute atomic E-state index is 0.242. The number of benzene rings is 1. The molecule has 1 atom stereocenters. The largest absolute Gasteiger partial charge is 0.380 e. The van der Waals surface area contributed by atoms with Crippen molar-refractivity contribution in [1.82, 2.24) is 10.2 Å². The highest BCUT2D eigenvalue weighted by Gasteiger charge is 2.21. The molecule has 1 saturated carbocycles. The summed E-state index contributed by atoms with van der Waals surface area (Å²) in [5, 5.41) is 3.05. The molecule has 118 valence electrons. The number of ether oxygens (including phenoxy) is 1. The van der Waals surface area contributed by atoms with Gasteiger partial charge >= 0.3 is 0 Å². The zero-order valence-electron chi connectivity index (χ0n) is 12.7. The van der Waals surface area contributed by atoms with Crippen LogP contribution < -0.4 is 5.32 Å². The van der Waals surface area contributed by atoms with Gasteiger partial charge in [-0.2, -0.15) is 0 Å². The van der Waals surface area contributed by atoms with Crippen LogP contribution in [-0.4, -0.2) is 45.3 Å². The van der Waals surface area contributed by atoms with Crippen LogP contribution in [0.5, 0.6) is 0 Å². The van der Waals surface area contributed by atoms with Crippen molar-refractivity contribution in [2.75, 3.05) is 40.4 Å². The van der Waals surface area contributed by atoms with Crippen LogP contribution >= 0.6 is 0 Å². The molecule has 1 aromatic rings. The second-order valence-electron chi connectivity index (χ2n) is 5.76. The second-order valence-corrected chi connectivity index (χ2v) is 5.76.